The van der Waals surface area contributed by atoms with Crippen molar-refractivity contribution in [1.82, 2.24) is 9.80 Å². The normalized spacial score (nSPS) is 18.2. The zero-order valence-corrected chi connectivity index (χ0v) is 19.2. The molecule has 1 aliphatic rings. The van der Waals surface area contributed by atoms with Gasteiger partial charge in [-0.15, -0.1) is 0 Å². The van der Waals surface area contributed by atoms with Crippen molar-refractivity contribution in [3.05, 3.63) is 58.7 Å². The predicted octanol–water partition coefficient (Wildman–Crippen LogP) is 4.61. The van der Waals surface area contributed by atoms with Crippen molar-refractivity contribution in [3.8, 4) is 0 Å². The molecule has 0 spiro atoms. The summed E-state index contributed by atoms with van der Waals surface area (Å²) in [4.78, 5) is 27.7. The highest BCUT2D eigenvalue weighted by Crippen LogP contribution is 2.34. The Morgan fingerprint density at radius 1 is 1.40 bits per heavy atom. The van der Waals surface area contributed by atoms with Gasteiger partial charge in [0.15, 0.2) is 0 Å². The third-order valence-electron chi connectivity index (χ3n) is 5.35. The fourth-order valence-electron chi connectivity index (χ4n) is 3.76. The van der Waals surface area contributed by atoms with Crippen molar-refractivity contribution >= 4 is 35.2 Å². The average molecular weight is 430 g/mol. The molecule has 0 radical (unpaired) electrons. The second-order valence-corrected chi connectivity index (χ2v) is 8.14. The Hall–Kier alpha value is -2.53. The second kappa shape index (κ2) is 11.0. The molecule has 1 heterocycles. The quantitative estimate of drug-likeness (QED) is 0.484. The molecule has 0 bridgehead atoms. The van der Waals surface area contributed by atoms with Crippen molar-refractivity contribution < 1.29 is 9.59 Å². The molecule has 162 valence electrons. The van der Waals surface area contributed by atoms with E-state index in [1.54, 1.807) is 23.9 Å². The standard InChI is InChI=1S/C24H32ClN3O2/c1-6-7-8-19(13-17(2)24(30)27(4)5)23-14-18(11-12-28(23)16-29)21-15-20(25)9-10-22(21)26-3/h6-7,9-10,13-17,23,26H,8,11-12H2,1-5H3/b7-6-,19-13+. The number of carbonyl (C=O) groups excluding carboxylic acids is 2. The first-order chi connectivity index (χ1) is 14.3. The van der Waals surface area contributed by atoms with Crippen molar-refractivity contribution in [2.24, 2.45) is 5.92 Å². The fraction of sp³-hybridized carbons (Fsp3) is 0.417. The van der Waals surface area contributed by atoms with E-state index in [2.05, 4.69) is 17.5 Å². The summed E-state index contributed by atoms with van der Waals surface area (Å²) in [5.41, 5.74) is 4.22. The van der Waals surface area contributed by atoms with Crippen LogP contribution in [-0.2, 0) is 9.59 Å². The number of anilines is 1. The minimum Gasteiger partial charge on any atom is -0.388 e. The third kappa shape index (κ3) is 5.76. The molecule has 1 aromatic rings. The fourth-order valence-corrected chi connectivity index (χ4v) is 3.93. The van der Waals surface area contributed by atoms with Gasteiger partial charge in [-0.25, -0.2) is 0 Å². The first-order valence-corrected chi connectivity index (χ1v) is 10.6. The molecule has 1 aromatic carbocycles. The van der Waals surface area contributed by atoms with Crippen LogP contribution in [0.2, 0.25) is 5.02 Å². The average Bonchev–Trinajstić information content (AvgIpc) is 2.75. The van der Waals surface area contributed by atoms with Crippen LogP contribution in [0.25, 0.3) is 5.57 Å². The van der Waals surface area contributed by atoms with Crippen LogP contribution in [0.1, 0.15) is 32.3 Å². The van der Waals surface area contributed by atoms with E-state index in [0.29, 0.717) is 18.0 Å². The molecular formula is C24H32ClN3O2. The molecule has 0 fully saturated rings. The van der Waals surface area contributed by atoms with Gasteiger partial charge in [-0.05, 0) is 49.1 Å². The van der Waals surface area contributed by atoms with Crippen LogP contribution >= 0.6 is 11.6 Å². The molecule has 1 N–H and O–H groups in total. The summed E-state index contributed by atoms with van der Waals surface area (Å²) in [6, 6.07) is 5.58. The monoisotopic (exact) mass is 429 g/mol. The summed E-state index contributed by atoms with van der Waals surface area (Å²) in [6.45, 7) is 4.47. The molecule has 0 saturated heterocycles. The molecule has 2 rings (SSSR count). The maximum atomic E-state index is 12.4. The van der Waals surface area contributed by atoms with Gasteiger partial charge in [0, 0.05) is 44.0 Å². The minimum atomic E-state index is -0.272. The van der Waals surface area contributed by atoms with Gasteiger partial charge in [0.05, 0.1) is 12.0 Å². The first-order valence-electron chi connectivity index (χ1n) is 10.2. The summed E-state index contributed by atoms with van der Waals surface area (Å²) in [5.74, 6) is -0.232. The highest BCUT2D eigenvalue weighted by Gasteiger charge is 2.26. The smallest absolute Gasteiger partial charge is 0.228 e. The van der Waals surface area contributed by atoms with E-state index in [-0.39, 0.29) is 17.9 Å². The van der Waals surface area contributed by atoms with Crippen molar-refractivity contribution in [1.29, 1.82) is 0 Å². The molecule has 5 nitrogen and oxygen atoms in total. The maximum Gasteiger partial charge on any atom is 0.228 e. The van der Waals surface area contributed by atoms with E-state index in [0.717, 1.165) is 35.2 Å². The van der Waals surface area contributed by atoms with Crippen LogP contribution < -0.4 is 5.32 Å². The number of carbonyl (C=O) groups is 2. The van der Waals surface area contributed by atoms with Gasteiger partial charge < -0.3 is 15.1 Å². The van der Waals surface area contributed by atoms with E-state index in [4.69, 9.17) is 11.6 Å². The van der Waals surface area contributed by atoms with Gasteiger partial charge in [0.2, 0.25) is 12.3 Å². The van der Waals surface area contributed by atoms with E-state index in [1.165, 1.54) is 0 Å². The molecule has 2 atom stereocenters. The van der Waals surface area contributed by atoms with Crippen LogP contribution in [0.15, 0.2) is 48.1 Å². The molecule has 2 unspecified atom stereocenters. The summed E-state index contributed by atoms with van der Waals surface area (Å²) >= 11 is 6.27. The number of amides is 2. The van der Waals surface area contributed by atoms with E-state index in [9.17, 15) is 9.59 Å². The lowest BCUT2D eigenvalue weighted by Crippen LogP contribution is -2.38. The Balaban J connectivity index is 2.53. The van der Waals surface area contributed by atoms with Crippen molar-refractivity contribution in [2.45, 2.75) is 32.7 Å². The topological polar surface area (TPSA) is 52.7 Å². The first kappa shape index (κ1) is 23.7. The molecule has 30 heavy (non-hydrogen) atoms. The number of hydrogen-bond donors (Lipinski definition) is 1. The molecule has 2 amide bonds. The van der Waals surface area contributed by atoms with Gasteiger partial charge in [-0.2, -0.15) is 0 Å². The van der Waals surface area contributed by atoms with Crippen LogP contribution in [-0.4, -0.2) is 55.8 Å². The number of benzene rings is 1. The number of halogens is 1. The molecule has 1 aliphatic heterocycles. The Kier molecular flexibility index (Phi) is 8.72. The highest BCUT2D eigenvalue weighted by molar-refractivity contribution is 6.30. The Morgan fingerprint density at radius 2 is 2.13 bits per heavy atom. The zero-order valence-electron chi connectivity index (χ0n) is 18.5. The lowest BCUT2D eigenvalue weighted by atomic mass is 9.89. The van der Waals surface area contributed by atoms with Crippen LogP contribution in [0.3, 0.4) is 0 Å². The van der Waals surface area contributed by atoms with Crippen molar-refractivity contribution in [2.75, 3.05) is 33.0 Å². The SMILES string of the molecule is C/C=C\C/C(=C\C(C)C(=O)N(C)C)C1C=C(c2cc(Cl)ccc2NC)CCN1C=O. The number of hydrogen-bond acceptors (Lipinski definition) is 3. The van der Waals surface area contributed by atoms with Gasteiger partial charge in [0.25, 0.3) is 0 Å². The van der Waals surface area contributed by atoms with Crippen LogP contribution in [0.4, 0.5) is 5.69 Å². The number of allylic oxidation sites excluding steroid dienone is 2. The molecular weight excluding hydrogens is 398 g/mol. The Labute approximate surface area is 185 Å². The molecule has 6 heteroatoms. The van der Waals surface area contributed by atoms with Gasteiger partial charge >= 0.3 is 0 Å². The third-order valence-corrected chi connectivity index (χ3v) is 5.59. The Bertz CT molecular complexity index is 858. The van der Waals surface area contributed by atoms with Gasteiger partial charge in [-0.1, -0.05) is 42.8 Å². The lowest BCUT2D eigenvalue weighted by Gasteiger charge is -2.34. The van der Waals surface area contributed by atoms with Crippen molar-refractivity contribution in [3.63, 3.8) is 0 Å². The second-order valence-electron chi connectivity index (χ2n) is 7.71. The lowest BCUT2D eigenvalue weighted by molar-refractivity contribution is -0.130. The van der Waals surface area contributed by atoms with E-state index >= 15 is 0 Å². The minimum absolute atomic E-state index is 0.0398. The molecule has 0 aliphatic carbocycles. The van der Waals surface area contributed by atoms with E-state index in [1.807, 2.05) is 51.2 Å². The summed E-state index contributed by atoms with van der Waals surface area (Å²) in [5, 5.41) is 3.90. The highest BCUT2D eigenvalue weighted by atomic mass is 35.5. The molecule has 0 saturated carbocycles. The number of nitrogens with zero attached hydrogens (tertiary/aromatic N) is 2. The van der Waals surface area contributed by atoms with E-state index < -0.39 is 0 Å². The van der Waals surface area contributed by atoms with Crippen LogP contribution in [0.5, 0.6) is 0 Å². The molecule has 0 aromatic heterocycles. The number of nitrogens with one attached hydrogen (secondary N) is 1. The summed E-state index contributed by atoms with van der Waals surface area (Å²) in [7, 11) is 5.40. The van der Waals surface area contributed by atoms with Gasteiger partial charge in [-0.3, -0.25) is 9.59 Å². The number of rotatable bonds is 8. The Morgan fingerprint density at radius 3 is 2.73 bits per heavy atom. The zero-order chi connectivity index (χ0) is 22.3. The summed E-state index contributed by atoms with van der Waals surface area (Å²) in [6.07, 6.45) is 10.5. The largest absolute Gasteiger partial charge is 0.388 e. The predicted molar refractivity (Wildman–Crippen MR) is 126 cm³/mol. The van der Waals surface area contributed by atoms with Crippen LogP contribution in [0, 0.1) is 5.92 Å². The summed E-state index contributed by atoms with van der Waals surface area (Å²) < 4.78 is 0. The maximum absolute atomic E-state index is 12.4. The van der Waals surface area contributed by atoms with Gasteiger partial charge in [0.1, 0.15) is 0 Å².